The lowest BCUT2D eigenvalue weighted by atomic mass is 10.0. The molecule has 0 N–H and O–H groups in total. The summed E-state index contributed by atoms with van der Waals surface area (Å²) in [5.74, 6) is 1.81. The van der Waals surface area contributed by atoms with Gasteiger partial charge >= 0.3 is 0 Å². The Kier molecular flexibility index (Phi) is 4.41. The summed E-state index contributed by atoms with van der Waals surface area (Å²) in [7, 11) is 0. The number of hydrogen-bond donors (Lipinski definition) is 0. The lowest BCUT2D eigenvalue weighted by Gasteiger charge is -2.13. The fourth-order valence-corrected chi connectivity index (χ4v) is 2.50. The normalized spacial score (nSPS) is 17.7. The molecular weight excluding hydrogens is 264 g/mol. The molecule has 1 saturated heterocycles. The average Bonchev–Trinajstić information content (AvgIpc) is 3.02. The summed E-state index contributed by atoms with van der Waals surface area (Å²) in [4.78, 5) is 0. The zero-order valence-corrected chi connectivity index (χ0v) is 12.2. The van der Waals surface area contributed by atoms with E-state index in [1.165, 1.54) is 0 Å². The van der Waals surface area contributed by atoms with E-state index in [2.05, 4.69) is 18.2 Å². The molecule has 110 valence electrons. The van der Waals surface area contributed by atoms with Crippen LogP contribution in [0.25, 0.3) is 11.1 Å². The summed E-state index contributed by atoms with van der Waals surface area (Å²) >= 11 is 0. The molecular formula is C18H20O3. The fraction of sp³-hybridized carbons (Fsp3) is 0.333. The van der Waals surface area contributed by atoms with E-state index in [-0.39, 0.29) is 6.10 Å². The molecule has 1 fully saturated rings. The van der Waals surface area contributed by atoms with E-state index in [1.54, 1.807) is 0 Å². The van der Waals surface area contributed by atoms with Crippen molar-refractivity contribution in [2.75, 3.05) is 19.8 Å². The van der Waals surface area contributed by atoms with Crippen LogP contribution in [0.4, 0.5) is 0 Å². The SMILES string of the molecule is CCOc1ccccc1-c1ccc(OC2CCOC2)cc1. The van der Waals surface area contributed by atoms with Crippen LogP contribution in [-0.4, -0.2) is 25.9 Å². The summed E-state index contributed by atoms with van der Waals surface area (Å²) in [6.07, 6.45) is 1.15. The Bertz CT molecular complexity index is 571. The number of ether oxygens (including phenoxy) is 3. The second-order valence-electron chi connectivity index (χ2n) is 5.06. The maximum atomic E-state index is 5.89. The van der Waals surface area contributed by atoms with Gasteiger partial charge in [0.05, 0.1) is 19.8 Å². The van der Waals surface area contributed by atoms with E-state index in [0.29, 0.717) is 13.2 Å². The summed E-state index contributed by atoms with van der Waals surface area (Å²) < 4.78 is 16.9. The molecule has 0 spiro atoms. The van der Waals surface area contributed by atoms with Crippen molar-refractivity contribution >= 4 is 0 Å². The molecule has 1 unspecified atom stereocenters. The summed E-state index contributed by atoms with van der Waals surface area (Å²) in [5, 5.41) is 0. The lowest BCUT2D eigenvalue weighted by Crippen LogP contribution is -2.15. The highest BCUT2D eigenvalue weighted by molar-refractivity contribution is 5.70. The van der Waals surface area contributed by atoms with Crippen LogP contribution >= 0.6 is 0 Å². The first-order valence-corrected chi connectivity index (χ1v) is 7.43. The lowest BCUT2D eigenvalue weighted by molar-refractivity contribution is 0.141. The van der Waals surface area contributed by atoms with Crippen LogP contribution in [0.3, 0.4) is 0 Å². The molecule has 1 heterocycles. The van der Waals surface area contributed by atoms with E-state index >= 15 is 0 Å². The standard InChI is InChI=1S/C18H20O3/c1-2-20-18-6-4-3-5-17(18)14-7-9-15(10-8-14)21-16-11-12-19-13-16/h3-10,16H,2,11-13H2,1H3. The Morgan fingerprint density at radius 2 is 1.90 bits per heavy atom. The molecule has 1 aliphatic rings. The Morgan fingerprint density at radius 1 is 1.10 bits per heavy atom. The van der Waals surface area contributed by atoms with Crippen LogP contribution in [0.15, 0.2) is 48.5 Å². The molecule has 2 aromatic rings. The number of hydrogen-bond acceptors (Lipinski definition) is 3. The highest BCUT2D eigenvalue weighted by atomic mass is 16.5. The molecule has 0 saturated carbocycles. The summed E-state index contributed by atoms with van der Waals surface area (Å²) in [6, 6.07) is 16.3. The maximum Gasteiger partial charge on any atom is 0.127 e. The van der Waals surface area contributed by atoms with Crippen molar-refractivity contribution < 1.29 is 14.2 Å². The van der Waals surface area contributed by atoms with Gasteiger partial charge in [0.25, 0.3) is 0 Å². The van der Waals surface area contributed by atoms with Gasteiger partial charge in [0.15, 0.2) is 0 Å². The number of benzene rings is 2. The molecule has 3 nitrogen and oxygen atoms in total. The maximum absolute atomic E-state index is 5.89. The minimum Gasteiger partial charge on any atom is -0.493 e. The zero-order valence-electron chi connectivity index (χ0n) is 12.2. The van der Waals surface area contributed by atoms with Crippen molar-refractivity contribution in [3.8, 4) is 22.6 Å². The van der Waals surface area contributed by atoms with Gasteiger partial charge in [-0.15, -0.1) is 0 Å². The molecule has 0 amide bonds. The van der Waals surface area contributed by atoms with E-state index in [4.69, 9.17) is 14.2 Å². The Morgan fingerprint density at radius 3 is 2.62 bits per heavy atom. The molecule has 0 aliphatic carbocycles. The number of para-hydroxylation sites is 1. The van der Waals surface area contributed by atoms with Crippen LogP contribution in [0.1, 0.15) is 13.3 Å². The van der Waals surface area contributed by atoms with Gasteiger partial charge in [-0.2, -0.15) is 0 Å². The van der Waals surface area contributed by atoms with Gasteiger partial charge in [0.2, 0.25) is 0 Å². The van der Waals surface area contributed by atoms with Crippen LogP contribution in [-0.2, 0) is 4.74 Å². The predicted molar refractivity (Wildman–Crippen MR) is 82.9 cm³/mol. The zero-order chi connectivity index (χ0) is 14.5. The third-order valence-corrected chi connectivity index (χ3v) is 3.54. The van der Waals surface area contributed by atoms with Crippen LogP contribution in [0.5, 0.6) is 11.5 Å². The third-order valence-electron chi connectivity index (χ3n) is 3.54. The van der Waals surface area contributed by atoms with E-state index in [0.717, 1.165) is 35.7 Å². The van der Waals surface area contributed by atoms with Crippen molar-refractivity contribution in [2.45, 2.75) is 19.4 Å². The van der Waals surface area contributed by atoms with Gasteiger partial charge in [-0.1, -0.05) is 30.3 Å². The van der Waals surface area contributed by atoms with Crippen LogP contribution in [0.2, 0.25) is 0 Å². The van der Waals surface area contributed by atoms with Crippen LogP contribution < -0.4 is 9.47 Å². The van der Waals surface area contributed by atoms with Gasteiger partial charge in [-0.25, -0.2) is 0 Å². The van der Waals surface area contributed by atoms with E-state index in [1.807, 2.05) is 37.3 Å². The first kappa shape index (κ1) is 14.0. The number of rotatable bonds is 5. The van der Waals surface area contributed by atoms with Crippen LogP contribution in [0, 0.1) is 0 Å². The molecule has 1 atom stereocenters. The first-order chi connectivity index (χ1) is 10.4. The minimum atomic E-state index is 0.187. The summed E-state index contributed by atoms with van der Waals surface area (Å²) in [6.45, 7) is 4.15. The Balaban J connectivity index is 1.77. The Labute approximate surface area is 125 Å². The molecule has 3 rings (SSSR count). The van der Waals surface area contributed by atoms with Crippen molar-refractivity contribution in [1.82, 2.24) is 0 Å². The second kappa shape index (κ2) is 6.64. The predicted octanol–water partition coefficient (Wildman–Crippen LogP) is 3.92. The average molecular weight is 284 g/mol. The largest absolute Gasteiger partial charge is 0.493 e. The molecule has 0 aromatic heterocycles. The van der Waals surface area contributed by atoms with Crippen molar-refractivity contribution in [1.29, 1.82) is 0 Å². The van der Waals surface area contributed by atoms with Crippen molar-refractivity contribution in [2.24, 2.45) is 0 Å². The molecule has 0 bridgehead atoms. The monoisotopic (exact) mass is 284 g/mol. The minimum absolute atomic E-state index is 0.187. The topological polar surface area (TPSA) is 27.7 Å². The highest BCUT2D eigenvalue weighted by Gasteiger charge is 2.17. The van der Waals surface area contributed by atoms with Crippen molar-refractivity contribution in [3.63, 3.8) is 0 Å². The Hall–Kier alpha value is -2.00. The second-order valence-corrected chi connectivity index (χ2v) is 5.06. The third kappa shape index (κ3) is 3.37. The molecule has 21 heavy (non-hydrogen) atoms. The van der Waals surface area contributed by atoms with Crippen molar-refractivity contribution in [3.05, 3.63) is 48.5 Å². The summed E-state index contributed by atoms with van der Waals surface area (Å²) in [5.41, 5.74) is 2.24. The first-order valence-electron chi connectivity index (χ1n) is 7.43. The fourth-order valence-electron chi connectivity index (χ4n) is 2.50. The quantitative estimate of drug-likeness (QED) is 0.833. The molecule has 1 aliphatic heterocycles. The smallest absolute Gasteiger partial charge is 0.127 e. The van der Waals surface area contributed by atoms with Gasteiger partial charge in [0.1, 0.15) is 17.6 Å². The highest BCUT2D eigenvalue weighted by Crippen LogP contribution is 2.31. The van der Waals surface area contributed by atoms with E-state index in [9.17, 15) is 0 Å². The van der Waals surface area contributed by atoms with E-state index < -0.39 is 0 Å². The van der Waals surface area contributed by atoms with Gasteiger partial charge < -0.3 is 14.2 Å². The van der Waals surface area contributed by atoms with Gasteiger partial charge in [-0.3, -0.25) is 0 Å². The van der Waals surface area contributed by atoms with Gasteiger partial charge in [-0.05, 0) is 30.7 Å². The van der Waals surface area contributed by atoms with Gasteiger partial charge in [0, 0.05) is 12.0 Å². The molecule has 2 aromatic carbocycles. The molecule has 3 heteroatoms. The molecule has 0 radical (unpaired) electrons.